The summed E-state index contributed by atoms with van der Waals surface area (Å²) in [5.41, 5.74) is 3.98. The van der Waals surface area contributed by atoms with Gasteiger partial charge in [-0.3, -0.25) is 9.69 Å². The number of hydrogen-bond donors (Lipinski definition) is 1. The van der Waals surface area contributed by atoms with E-state index in [9.17, 15) is 9.90 Å². The van der Waals surface area contributed by atoms with Crippen molar-refractivity contribution in [1.82, 2.24) is 4.90 Å². The molecule has 0 spiro atoms. The summed E-state index contributed by atoms with van der Waals surface area (Å²) in [5.74, 6) is 0.970. The van der Waals surface area contributed by atoms with Crippen LogP contribution in [0.1, 0.15) is 60.2 Å². The van der Waals surface area contributed by atoms with Crippen molar-refractivity contribution in [3.05, 3.63) is 58.7 Å². The molecule has 0 aromatic heterocycles. The summed E-state index contributed by atoms with van der Waals surface area (Å²) < 4.78 is 5.89. The fourth-order valence-corrected chi connectivity index (χ4v) is 3.91. The zero-order valence-electron chi connectivity index (χ0n) is 17.9. The molecule has 0 aliphatic carbocycles. The summed E-state index contributed by atoms with van der Waals surface area (Å²) in [4.78, 5) is 14.8. The average molecular weight is 396 g/mol. The summed E-state index contributed by atoms with van der Waals surface area (Å²) in [6.45, 7) is 9.66. The van der Waals surface area contributed by atoms with Gasteiger partial charge < -0.3 is 9.84 Å². The highest BCUT2D eigenvalue weighted by Crippen LogP contribution is 2.32. The van der Waals surface area contributed by atoms with Gasteiger partial charge in [0.15, 0.2) is 5.78 Å². The summed E-state index contributed by atoms with van der Waals surface area (Å²) in [5, 5.41) is 10.4. The number of phenolic OH excluding ortho intramolecular Hbond substituents is 1. The minimum Gasteiger partial charge on any atom is -0.507 e. The van der Waals surface area contributed by atoms with E-state index in [1.807, 2.05) is 26.8 Å². The van der Waals surface area contributed by atoms with Gasteiger partial charge in [-0.1, -0.05) is 38.1 Å². The fourth-order valence-electron chi connectivity index (χ4n) is 3.91. The Morgan fingerprint density at radius 3 is 2.66 bits per heavy atom. The molecular weight excluding hydrogens is 362 g/mol. The number of carbonyl (C=O) groups is 1. The molecule has 4 heteroatoms. The smallest absolute Gasteiger partial charge is 0.166 e. The summed E-state index contributed by atoms with van der Waals surface area (Å²) in [6.07, 6.45) is 3.62. The Hall–Kier alpha value is -2.33. The van der Waals surface area contributed by atoms with Crippen LogP contribution in [-0.2, 0) is 13.0 Å². The van der Waals surface area contributed by atoms with Crippen LogP contribution in [0.3, 0.4) is 0 Å². The van der Waals surface area contributed by atoms with Crippen molar-refractivity contribution in [2.45, 2.75) is 53.0 Å². The maximum atomic E-state index is 12.3. The summed E-state index contributed by atoms with van der Waals surface area (Å²) in [6, 6.07) is 12.2. The Morgan fingerprint density at radius 2 is 1.90 bits per heavy atom. The molecule has 0 saturated carbocycles. The van der Waals surface area contributed by atoms with Gasteiger partial charge in [0.2, 0.25) is 0 Å². The zero-order valence-corrected chi connectivity index (χ0v) is 17.9. The molecule has 0 fully saturated rings. The predicted molar refractivity (Wildman–Crippen MR) is 117 cm³/mol. The molecule has 1 heterocycles. The van der Waals surface area contributed by atoms with E-state index < -0.39 is 0 Å². The number of carbonyl (C=O) groups excluding carboxylic acids is 1. The van der Waals surface area contributed by atoms with Gasteiger partial charge in [0.1, 0.15) is 11.5 Å². The maximum Gasteiger partial charge on any atom is 0.166 e. The second-order valence-corrected chi connectivity index (χ2v) is 8.46. The third-order valence-corrected chi connectivity index (χ3v) is 5.61. The van der Waals surface area contributed by atoms with Gasteiger partial charge in [-0.25, -0.2) is 0 Å². The lowest BCUT2D eigenvalue weighted by Crippen LogP contribution is -2.31. The van der Waals surface area contributed by atoms with E-state index >= 15 is 0 Å². The number of Topliss-reactive ketones (excluding diaryl/α,β-unsaturated/α-hetero) is 1. The number of phenols is 1. The number of ketones is 1. The van der Waals surface area contributed by atoms with Gasteiger partial charge in [0.25, 0.3) is 0 Å². The van der Waals surface area contributed by atoms with Crippen molar-refractivity contribution in [2.75, 3.05) is 19.7 Å². The lowest BCUT2D eigenvalue weighted by atomic mass is 9.98. The largest absolute Gasteiger partial charge is 0.507 e. The van der Waals surface area contributed by atoms with E-state index in [-0.39, 0.29) is 17.5 Å². The molecule has 0 amide bonds. The van der Waals surface area contributed by atoms with E-state index in [4.69, 9.17) is 4.74 Å². The minimum atomic E-state index is -0.0183. The third kappa shape index (κ3) is 5.60. The number of hydrogen-bond acceptors (Lipinski definition) is 4. The number of nitrogens with zero attached hydrogens (tertiary/aromatic N) is 1. The molecular formula is C25H33NO3. The SMILES string of the molecule is Cc1c(OCCCCN2CCc3ccccc3C2)ccc(C(=O)CC(C)C)c1O. The van der Waals surface area contributed by atoms with Gasteiger partial charge in [-0.05, 0) is 61.9 Å². The molecule has 3 rings (SSSR count). The van der Waals surface area contributed by atoms with Gasteiger partial charge in [0.05, 0.1) is 12.2 Å². The maximum absolute atomic E-state index is 12.3. The molecule has 1 aliphatic rings. The topological polar surface area (TPSA) is 49.8 Å². The van der Waals surface area contributed by atoms with Crippen LogP contribution >= 0.6 is 0 Å². The van der Waals surface area contributed by atoms with Crippen LogP contribution in [0.2, 0.25) is 0 Å². The van der Waals surface area contributed by atoms with Crippen LogP contribution in [0.5, 0.6) is 11.5 Å². The highest BCUT2D eigenvalue weighted by atomic mass is 16.5. The normalized spacial score (nSPS) is 14.1. The first-order valence-electron chi connectivity index (χ1n) is 10.7. The van der Waals surface area contributed by atoms with Crippen LogP contribution in [0.4, 0.5) is 0 Å². The molecule has 1 N–H and O–H groups in total. The molecule has 0 radical (unpaired) electrons. The second kappa shape index (κ2) is 9.93. The molecule has 4 nitrogen and oxygen atoms in total. The Labute approximate surface area is 174 Å². The number of aromatic hydroxyl groups is 1. The summed E-state index contributed by atoms with van der Waals surface area (Å²) in [7, 11) is 0. The van der Waals surface area contributed by atoms with Gasteiger partial charge >= 0.3 is 0 Å². The number of rotatable bonds is 9. The summed E-state index contributed by atoms with van der Waals surface area (Å²) >= 11 is 0. The van der Waals surface area contributed by atoms with Crippen molar-refractivity contribution in [3.8, 4) is 11.5 Å². The van der Waals surface area contributed by atoms with E-state index in [1.54, 1.807) is 6.07 Å². The first-order valence-corrected chi connectivity index (χ1v) is 10.7. The Morgan fingerprint density at radius 1 is 1.14 bits per heavy atom. The molecule has 2 aromatic carbocycles. The predicted octanol–water partition coefficient (Wildman–Crippen LogP) is 5.15. The number of fused-ring (bicyclic) bond motifs is 1. The van der Waals surface area contributed by atoms with E-state index in [0.717, 1.165) is 38.9 Å². The molecule has 0 saturated heterocycles. The van der Waals surface area contributed by atoms with Crippen molar-refractivity contribution in [2.24, 2.45) is 5.92 Å². The van der Waals surface area contributed by atoms with Crippen LogP contribution in [-0.4, -0.2) is 35.5 Å². The quantitative estimate of drug-likeness (QED) is 0.471. The number of ether oxygens (including phenoxy) is 1. The molecule has 1 aliphatic heterocycles. The highest BCUT2D eigenvalue weighted by molar-refractivity contribution is 5.99. The minimum absolute atomic E-state index is 0.0183. The molecule has 0 unspecified atom stereocenters. The molecule has 0 bridgehead atoms. The number of benzene rings is 2. The monoisotopic (exact) mass is 395 g/mol. The van der Waals surface area contributed by atoms with Crippen LogP contribution in [0.25, 0.3) is 0 Å². The standard InChI is InChI=1S/C25H33NO3/c1-18(2)16-23(27)22-10-11-24(19(3)25(22)28)29-15-7-6-13-26-14-12-20-8-4-5-9-21(20)17-26/h4-5,8-11,18,28H,6-7,12-17H2,1-3H3. The van der Waals surface area contributed by atoms with E-state index in [2.05, 4.69) is 29.2 Å². The first kappa shape index (κ1) is 21.4. The second-order valence-electron chi connectivity index (χ2n) is 8.46. The Balaban J connectivity index is 1.44. The highest BCUT2D eigenvalue weighted by Gasteiger charge is 2.17. The van der Waals surface area contributed by atoms with Crippen LogP contribution in [0, 0.1) is 12.8 Å². The van der Waals surface area contributed by atoms with Gasteiger partial charge in [-0.2, -0.15) is 0 Å². The first-order chi connectivity index (χ1) is 14.0. The van der Waals surface area contributed by atoms with Gasteiger partial charge in [0, 0.05) is 25.1 Å². The van der Waals surface area contributed by atoms with Crippen molar-refractivity contribution in [3.63, 3.8) is 0 Å². The van der Waals surface area contributed by atoms with E-state index in [1.165, 1.54) is 11.1 Å². The fraction of sp³-hybridized carbons (Fsp3) is 0.480. The lowest BCUT2D eigenvalue weighted by Gasteiger charge is -2.28. The lowest BCUT2D eigenvalue weighted by molar-refractivity contribution is 0.0965. The number of unbranched alkanes of at least 4 members (excludes halogenated alkanes) is 1. The van der Waals surface area contributed by atoms with Gasteiger partial charge in [-0.15, -0.1) is 0 Å². The van der Waals surface area contributed by atoms with Crippen LogP contribution in [0.15, 0.2) is 36.4 Å². The Bertz CT molecular complexity index is 844. The molecule has 29 heavy (non-hydrogen) atoms. The zero-order chi connectivity index (χ0) is 20.8. The average Bonchev–Trinajstić information content (AvgIpc) is 2.70. The van der Waals surface area contributed by atoms with Crippen LogP contribution < -0.4 is 4.74 Å². The van der Waals surface area contributed by atoms with Crippen molar-refractivity contribution >= 4 is 5.78 Å². The third-order valence-electron chi connectivity index (χ3n) is 5.61. The molecule has 156 valence electrons. The van der Waals surface area contributed by atoms with E-state index in [0.29, 0.717) is 29.9 Å². The Kier molecular flexibility index (Phi) is 7.32. The molecule has 0 atom stereocenters. The molecule has 2 aromatic rings. The van der Waals surface area contributed by atoms with Crippen molar-refractivity contribution in [1.29, 1.82) is 0 Å². The van der Waals surface area contributed by atoms with Crippen molar-refractivity contribution < 1.29 is 14.6 Å².